The highest BCUT2D eigenvalue weighted by Crippen LogP contribution is 2.52. The molecule has 0 fully saturated rings. The van der Waals surface area contributed by atoms with E-state index in [1.54, 1.807) is 0 Å². The van der Waals surface area contributed by atoms with Crippen molar-refractivity contribution in [3.05, 3.63) is 200 Å². The van der Waals surface area contributed by atoms with Gasteiger partial charge in [0.2, 0.25) is 0 Å². The molecule has 11 rings (SSSR count). The fourth-order valence-corrected chi connectivity index (χ4v) is 9.40. The maximum absolute atomic E-state index is 6.81. The van der Waals surface area contributed by atoms with Crippen LogP contribution in [0.5, 0.6) is 11.5 Å². The molecule has 0 saturated heterocycles. The zero-order chi connectivity index (χ0) is 36.3. The molecule has 9 aromatic carbocycles. The summed E-state index contributed by atoms with van der Waals surface area (Å²) in [5.74, 6) is 1.66. The van der Waals surface area contributed by atoms with Crippen LogP contribution in [0.4, 0.5) is 17.1 Å². The van der Waals surface area contributed by atoms with E-state index in [1.165, 1.54) is 58.8 Å². The van der Waals surface area contributed by atoms with Crippen LogP contribution in [-0.2, 0) is 0 Å². The fraction of sp³-hybridized carbons (Fsp3) is 0. The van der Waals surface area contributed by atoms with Crippen molar-refractivity contribution in [2.45, 2.75) is 0 Å². The molecule has 0 N–H and O–H groups in total. The van der Waals surface area contributed by atoms with Crippen molar-refractivity contribution in [1.82, 2.24) is 0 Å². The zero-order valence-corrected chi connectivity index (χ0v) is 30.6. The van der Waals surface area contributed by atoms with Crippen LogP contribution in [0, 0.1) is 0 Å². The Labute approximate surface area is 323 Å². The lowest BCUT2D eigenvalue weighted by molar-refractivity contribution is 0.477. The summed E-state index contributed by atoms with van der Waals surface area (Å²) in [4.78, 5) is 2.33. The maximum Gasteiger partial charge on any atom is 0.152 e. The molecule has 0 spiro atoms. The molecule has 0 bridgehead atoms. The highest BCUT2D eigenvalue weighted by molar-refractivity contribution is 7.26. The number of nitrogens with zero attached hydrogens (tertiary/aromatic N) is 1. The van der Waals surface area contributed by atoms with Gasteiger partial charge in [-0.15, -0.1) is 11.3 Å². The van der Waals surface area contributed by atoms with Crippen LogP contribution >= 0.6 is 11.3 Å². The summed E-state index contributed by atoms with van der Waals surface area (Å²) < 4.78 is 9.48. The van der Waals surface area contributed by atoms with Gasteiger partial charge < -0.3 is 9.64 Å². The van der Waals surface area contributed by atoms with Gasteiger partial charge in [-0.05, 0) is 97.7 Å². The molecule has 0 atom stereocenters. The first-order chi connectivity index (χ1) is 27.2. The van der Waals surface area contributed by atoms with Crippen molar-refractivity contribution in [1.29, 1.82) is 0 Å². The van der Waals surface area contributed by atoms with E-state index in [0.717, 1.165) is 45.3 Å². The Morgan fingerprint density at radius 1 is 0.364 bits per heavy atom. The molecule has 10 aromatic rings. The third kappa shape index (κ3) is 5.40. The van der Waals surface area contributed by atoms with Gasteiger partial charge in [0.15, 0.2) is 11.5 Å². The number of thiophene rings is 1. The number of anilines is 3. The quantitative estimate of drug-likeness (QED) is 0.176. The van der Waals surface area contributed by atoms with Gasteiger partial charge in [-0.2, -0.15) is 0 Å². The van der Waals surface area contributed by atoms with E-state index in [2.05, 4.69) is 205 Å². The second-order valence-corrected chi connectivity index (χ2v) is 15.2. The molecule has 0 saturated carbocycles. The highest BCUT2D eigenvalue weighted by atomic mass is 32.1. The molecule has 258 valence electrons. The minimum absolute atomic E-state index is 0.830. The summed E-state index contributed by atoms with van der Waals surface area (Å²) in [6, 6.07) is 72.0. The first-order valence-corrected chi connectivity index (χ1v) is 19.5. The molecule has 2 heterocycles. The van der Waals surface area contributed by atoms with Gasteiger partial charge in [0.25, 0.3) is 0 Å². The van der Waals surface area contributed by atoms with E-state index < -0.39 is 0 Å². The molecular weight excluding hydrogens is 687 g/mol. The van der Waals surface area contributed by atoms with Crippen molar-refractivity contribution in [2.24, 2.45) is 0 Å². The van der Waals surface area contributed by atoms with Crippen LogP contribution in [0.3, 0.4) is 0 Å². The van der Waals surface area contributed by atoms with E-state index in [1.807, 2.05) is 11.3 Å². The number of rotatable bonds is 5. The SMILES string of the molecule is c1ccc(-c2ccc3c(c2)Oc2cc(-c4cccc5ccccc45)ccc2N3c2ccc(-c3ccc(-c4cccc5c4sc4ccccc45)cc3)cc2)cc1. The van der Waals surface area contributed by atoms with Gasteiger partial charge in [0, 0.05) is 25.9 Å². The van der Waals surface area contributed by atoms with Crippen LogP contribution in [0.25, 0.3) is 75.5 Å². The summed E-state index contributed by atoms with van der Waals surface area (Å²) in [7, 11) is 0. The normalized spacial score (nSPS) is 12.1. The van der Waals surface area contributed by atoms with Gasteiger partial charge >= 0.3 is 0 Å². The Morgan fingerprint density at radius 3 is 1.71 bits per heavy atom. The average molecular weight is 720 g/mol. The Hall–Kier alpha value is -6.94. The fourth-order valence-electron chi connectivity index (χ4n) is 8.16. The van der Waals surface area contributed by atoms with E-state index in [-0.39, 0.29) is 0 Å². The maximum atomic E-state index is 6.81. The molecule has 3 heteroatoms. The van der Waals surface area contributed by atoms with Gasteiger partial charge in [-0.25, -0.2) is 0 Å². The smallest absolute Gasteiger partial charge is 0.152 e. The van der Waals surface area contributed by atoms with Crippen LogP contribution in [-0.4, -0.2) is 0 Å². The Morgan fingerprint density at radius 2 is 0.909 bits per heavy atom. The Balaban J connectivity index is 0.966. The predicted molar refractivity (Wildman–Crippen MR) is 233 cm³/mol. The van der Waals surface area contributed by atoms with Crippen LogP contribution in [0.15, 0.2) is 200 Å². The van der Waals surface area contributed by atoms with Gasteiger partial charge in [-0.3, -0.25) is 0 Å². The molecule has 1 aromatic heterocycles. The van der Waals surface area contributed by atoms with E-state index >= 15 is 0 Å². The van der Waals surface area contributed by atoms with Gasteiger partial charge in [0.05, 0.1) is 11.4 Å². The molecule has 0 aliphatic carbocycles. The monoisotopic (exact) mass is 719 g/mol. The average Bonchev–Trinajstić information content (AvgIpc) is 3.64. The van der Waals surface area contributed by atoms with Crippen LogP contribution in [0.1, 0.15) is 0 Å². The number of ether oxygens (including phenoxy) is 1. The Kier molecular flexibility index (Phi) is 7.39. The van der Waals surface area contributed by atoms with E-state index in [4.69, 9.17) is 4.74 Å². The van der Waals surface area contributed by atoms with Crippen LogP contribution in [0.2, 0.25) is 0 Å². The van der Waals surface area contributed by atoms with E-state index in [0.29, 0.717) is 0 Å². The summed E-state index contributed by atoms with van der Waals surface area (Å²) in [6.07, 6.45) is 0. The highest BCUT2D eigenvalue weighted by Gasteiger charge is 2.27. The zero-order valence-electron chi connectivity index (χ0n) is 29.8. The summed E-state index contributed by atoms with van der Waals surface area (Å²) >= 11 is 1.87. The van der Waals surface area contributed by atoms with Crippen molar-refractivity contribution in [3.63, 3.8) is 0 Å². The Bertz CT molecular complexity index is 3050. The molecular formula is C52H33NOS. The summed E-state index contributed by atoms with van der Waals surface area (Å²) in [6.45, 7) is 0. The van der Waals surface area contributed by atoms with E-state index in [9.17, 15) is 0 Å². The molecule has 0 unspecified atom stereocenters. The van der Waals surface area contributed by atoms with Crippen LogP contribution < -0.4 is 9.64 Å². The third-order valence-electron chi connectivity index (χ3n) is 10.9. The van der Waals surface area contributed by atoms with Crippen molar-refractivity contribution >= 4 is 59.3 Å². The number of fused-ring (bicyclic) bond motifs is 6. The standard InChI is InChI=1S/C52H33NOS/c1-2-10-34(11-3-1)39-26-30-47-49(32-39)54-50-33-40(43-16-8-13-37-12-4-5-14-42(37)43)27-31-48(50)53(47)41-28-24-36(25-29-41)35-20-22-38(23-21-35)44-17-9-18-46-45-15-6-7-19-51(45)55-52(44)46/h1-33H. The largest absolute Gasteiger partial charge is 0.453 e. The molecule has 0 radical (unpaired) electrons. The predicted octanol–water partition coefficient (Wildman–Crippen LogP) is 15.5. The molecule has 1 aliphatic rings. The third-order valence-corrected chi connectivity index (χ3v) is 12.1. The molecule has 0 amide bonds. The second-order valence-electron chi connectivity index (χ2n) is 14.1. The number of hydrogen-bond donors (Lipinski definition) is 0. The summed E-state index contributed by atoms with van der Waals surface area (Å²) in [5.41, 5.74) is 12.6. The van der Waals surface area contributed by atoms with Crippen molar-refractivity contribution in [3.8, 4) is 56.0 Å². The lowest BCUT2D eigenvalue weighted by Crippen LogP contribution is -2.16. The number of benzene rings is 9. The topological polar surface area (TPSA) is 12.5 Å². The van der Waals surface area contributed by atoms with Gasteiger partial charge in [0.1, 0.15) is 0 Å². The summed E-state index contributed by atoms with van der Waals surface area (Å²) in [5, 5.41) is 5.10. The molecule has 1 aliphatic heterocycles. The van der Waals surface area contributed by atoms with Crippen molar-refractivity contribution < 1.29 is 4.74 Å². The lowest BCUT2D eigenvalue weighted by Gasteiger charge is -2.33. The lowest BCUT2D eigenvalue weighted by atomic mass is 9.97. The minimum Gasteiger partial charge on any atom is -0.453 e. The van der Waals surface area contributed by atoms with Gasteiger partial charge in [-0.1, -0.05) is 158 Å². The molecule has 55 heavy (non-hydrogen) atoms. The molecule has 2 nitrogen and oxygen atoms in total. The second kappa shape index (κ2) is 12.9. The first-order valence-electron chi connectivity index (χ1n) is 18.7. The number of hydrogen-bond acceptors (Lipinski definition) is 3. The first kappa shape index (κ1) is 31.6. The minimum atomic E-state index is 0.830. The van der Waals surface area contributed by atoms with Crippen molar-refractivity contribution in [2.75, 3.05) is 4.90 Å².